The number of nitrogens with zero attached hydrogens (tertiary/aromatic N) is 2. The highest BCUT2D eigenvalue weighted by molar-refractivity contribution is 6.54. The van der Waals surface area contributed by atoms with Crippen LogP contribution in [0.4, 0.5) is 5.69 Å². The van der Waals surface area contributed by atoms with E-state index in [2.05, 4.69) is 17.5 Å². The molecule has 4 rings (SSSR count). The normalized spacial score (nSPS) is 14.4. The van der Waals surface area contributed by atoms with Crippen molar-refractivity contribution in [1.29, 1.82) is 0 Å². The summed E-state index contributed by atoms with van der Waals surface area (Å²) in [5, 5.41) is 6.09. The first-order valence-corrected chi connectivity index (χ1v) is 10.5. The third-order valence-electron chi connectivity index (χ3n) is 5.44. The highest BCUT2D eigenvalue weighted by atomic mass is 16.2. The number of para-hydroxylation sites is 1. The highest BCUT2D eigenvalue weighted by Crippen LogP contribution is 2.29. The molecule has 0 saturated carbocycles. The molecule has 1 heterocycles. The summed E-state index contributed by atoms with van der Waals surface area (Å²) in [5.74, 6) is -0.489. The lowest BCUT2D eigenvalue weighted by Crippen LogP contribution is -2.32. The molecular weight excluding hydrogens is 374 g/mol. The SMILES string of the molecule is CCCCCCN1C(=O)/C(=N\NC(=O)c2cccc3ccccc23)c2ccccc21. The second kappa shape index (κ2) is 8.91. The summed E-state index contributed by atoms with van der Waals surface area (Å²) in [6, 6.07) is 20.9. The van der Waals surface area contributed by atoms with Crippen LogP contribution in [-0.4, -0.2) is 24.1 Å². The van der Waals surface area contributed by atoms with E-state index in [1.807, 2.05) is 60.7 Å². The van der Waals surface area contributed by atoms with Crippen molar-refractivity contribution in [2.24, 2.45) is 5.10 Å². The van der Waals surface area contributed by atoms with E-state index >= 15 is 0 Å². The molecule has 1 aliphatic heterocycles. The van der Waals surface area contributed by atoms with E-state index in [9.17, 15) is 9.59 Å². The molecule has 2 amide bonds. The maximum atomic E-state index is 13.0. The van der Waals surface area contributed by atoms with Crippen molar-refractivity contribution in [3.8, 4) is 0 Å². The summed E-state index contributed by atoms with van der Waals surface area (Å²) in [6.45, 7) is 2.83. The molecule has 0 saturated heterocycles. The Kier molecular flexibility index (Phi) is 5.89. The number of hydrogen-bond acceptors (Lipinski definition) is 3. The summed E-state index contributed by atoms with van der Waals surface area (Å²) in [7, 11) is 0. The van der Waals surface area contributed by atoms with Gasteiger partial charge in [0, 0.05) is 17.7 Å². The van der Waals surface area contributed by atoms with E-state index < -0.39 is 0 Å². The number of unbranched alkanes of at least 4 members (excludes halogenated alkanes) is 3. The van der Waals surface area contributed by atoms with Crippen molar-refractivity contribution in [2.45, 2.75) is 32.6 Å². The van der Waals surface area contributed by atoms with Crippen molar-refractivity contribution in [1.82, 2.24) is 5.43 Å². The van der Waals surface area contributed by atoms with Crippen molar-refractivity contribution in [2.75, 3.05) is 11.4 Å². The Morgan fingerprint density at radius 1 is 0.933 bits per heavy atom. The molecule has 0 bridgehead atoms. The second-order valence-electron chi connectivity index (χ2n) is 7.46. The molecule has 30 heavy (non-hydrogen) atoms. The molecule has 0 radical (unpaired) electrons. The van der Waals surface area contributed by atoms with Crippen LogP contribution in [0.2, 0.25) is 0 Å². The van der Waals surface area contributed by atoms with Crippen LogP contribution in [0.15, 0.2) is 71.8 Å². The number of carbonyl (C=O) groups is 2. The Morgan fingerprint density at radius 2 is 1.70 bits per heavy atom. The molecule has 152 valence electrons. The number of nitrogens with one attached hydrogen (secondary N) is 1. The third-order valence-corrected chi connectivity index (χ3v) is 5.44. The van der Waals surface area contributed by atoms with Crippen LogP contribution < -0.4 is 10.3 Å². The number of amides is 2. The van der Waals surface area contributed by atoms with E-state index in [-0.39, 0.29) is 17.5 Å². The average molecular weight is 399 g/mol. The zero-order chi connectivity index (χ0) is 20.9. The second-order valence-corrected chi connectivity index (χ2v) is 7.46. The molecule has 0 spiro atoms. The minimum absolute atomic E-state index is 0.161. The Hall–Kier alpha value is -3.47. The van der Waals surface area contributed by atoms with Gasteiger partial charge in [0.15, 0.2) is 5.71 Å². The molecule has 5 heteroatoms. The standard InChI is InChI=1S/C25H25N3O2/c1-2-3-4-9-17-28-22-16-8-7-14-21(22)23(25(28)30)26-27-24(29)20-15-10-12-18-11-5-6-13-19(18)20/h5-8,10-16H,2-4,9,17H2,1H3,(H,27,29)/b26-23-. The first kappa shape index (κ1) is 19.8. The van der Waals surface area contributed by atoms with Gasteiger partial charge < -0.3 is 4.90 Å². The van der Waals surface area contributed by atoms with Gasteiger partial charge in [-0.15, -0.1) is 0 Å². The lowest BCUT2D eigenvalue weighted by Gasteiger charge is -2.16. The predicted octanol–water partition coefficient (Wildman–Crippen LogP) is 4.90. The minimum atomic E-state index is -0.328. The zero-order valence-corrected chi connectivity index (χ0v) is 17.1. The third kappa shape index (κ3) is 3.83. The number of rotatable bonds is 7. The van der Waals surface area contributed by atoms with Crippen molar-refractivity contribution >= 4 is 34.0 Å². The summed E-state index contributed by atoms with van der Waals surface area (Å²) in [5.41, 5.74) is 5.04. The average Bonchev–Trinajstić information content (AvgIpc) is 3.05. The number of fused-ring (bicyclic) bond motifs is 2. The molecule has 0 fully saturated rings. The summed E-state index contributed by atoms with van der Waals surface area (Å²) in [6.07, 6.45) is 4.35. The van der Waals surface area contributed by atoms with Gasteiger partial charge in [-0.3, -0.25) is 9.59 Å². The molecule has 0 aromatic heterocycles. The largest absolute Gasteiger partial charge is 0.306 e. The van der Waals surface area contributed by atoms with Crippen molar-refractivity contribution in [3.63, 3.8) is 0 Å². The zero-order valence-electron chi connectivity index (χ0n) is 17.1. The Morgan fingerprint density at radius 3 is 2.57 bits per heavy atom. The van der Waals surface area contributed by atoms with E-state index in [4.69, 9.17) is 0 Å². The maximum absolute atomic E-state index is 13.0. The molecule has 0 atom stereocenters. The molecule has 0 aliphatic carbocycles. The molecule has 3 aromatic carbocycles. The van der Waals surface area contributed by atoms with E-state index in [1.165, 1.54) is 0 Å². The Bertz CT molecular complexity index is 1110. The van der Waals surface area contributed by atoms with Crippen LogP contribution in [-0.2, 0) is 4.79 Å². The van der Waals surface area contributed by atoms with E-state index in [1.54, 1.807) is 11.0 Å². The van der Waals surface area contributed by atoms with Gasteiger partial charge in [0.05, 0.1) is 5.69 Å². The Labute approximate surface area is 176 Å². The van der Waals surface area contributed by atoms with Gasteiger partial charge in [0.25, 0.3) is 11.8 Å². The first-order valence-electron chi connectivity index (χ1n) is 10.5. The van der Waals surface area contributed by atoms with Crippen LogP contribution in [0.5, 0.6) is 0 Å². The fourth-order valence-corrected chi connectivity index (χ4v) is 3.88. The van der Waals surface area contributed by atoms with Crippen LogP contribution >= 0.6 is 0 Å². The highest BCUT2D eigenvalue weighted by Gasteiger charge is 2.33. The van der Waals surface area contributed by atoms with Crippen molar-refractivity contribution in [3.05, 3.63) is 77.9 Å². The van der Waals surface area contributed by atoms with Gasteiger partial charge in [-0.25, -0.2) is 5.43 Å². The van der Waals surface area contributed by atoms with Gasteiger partial charge in [-0.05, 0) is 29.3 Å². The summed E-state index contributed by atoms with van der Waals surface area (Å²) in [4.78, 5) is 27.6. The summed E-state index contributed by atoms with van der Waals surface area (Å²) >= 11 is 0. The van der Waals surface area contributed by atoms with Crippen LogP contribution in [0.3, 0.4) is 0 Å². The number of hydrogen-bond donors (Lipinski definition) is 1. The van der Waals surface area contributed by atoms with Crippen molar-refractivity contribution < 1.29 is 9.59 Å². The Balaban J connectivity index is 1.57. The fourth-order valence-electron chi connectivity index (χ4n) is 3.88. The summed E-state index contributed by atoms with van der Waals surface area (Å²) < 4.78 is 0. The van der Waals surface area contributed by atoms with E-state index in [0.29, 0.717) is 12.1 Å². The van der Waals surface area contributed by atoms with Gasteiger partial charge in [0.1, 0.15) is 0 Å². The fraction of sp³-hybridized carbons (Fsp3) is 0.240. The smallest absolute Gasteiger partial charge is 0.279 e. The molecule has 1 aliphatic rings. The van der Waals surface area contributed by atoms with Crippen LogP contribution in [0, 0.1) is 0 Å². The molecular formula is C25H25N3O2. The number of carbonyl (C=O) groups excluding carboxylic acids is 2. The lowest BCUT2D eigenvalue weighted by atomic mass is 10.0. The quantitative estimate of drug-likeness (QED) is 0.454. The molecule has 5 nitrogen and oxygen atoms in total. The number of anilines is 1. The van der Waals surface area contributed by atoms with Gasteiger partial charge in [-0.2, -0.15) is 5.10 Å². The lowest BCUT2D eigenvalue weighted by molar-refractivity contribution is -0.112. The molecule has 3 aromatic rings. The monoisotopic (exact) mass is 399 g/mol. The number of benzene rings is 3. The predicted molar refractivity (Wildman–Crippen MR) is 121 cm³/mol. The topological polar surface area (TPSA) is 61.8 Å². The van der Waals surface area contributed by atoms with Crippen LogP contribution in [0.25, 0.3) is 10.8 Å². The van der Waals surface area contributed by atoms with E-state index in [0.717, 1.165) is 47.7 Å². The first-order chi connectivity index (χ1) is 14.7. The minimum Gasteiger partial charge on any atom is -0.306 e. The van der Waals surface area contributed by atoms with Gasteiger partial charge in [-0.1, -0.05) is 80.8 Å². The molecule has 1 N–H and O–H groups in total. The maximum Gasteiger partial charge on any atom is 0.279 e. The number of hydrazone groups is 1. The van der Waals surface area contributed by atoms with Crippen LogP contribution in [0.1, 0.15) is 48.5 Å². The van der Waals surface area contributed by atoms with Gasteiger partial charge in [0.2, 0.25) is 0 Å². The molecule has 0 unspecified atom stereocenters. The van der Waals surface area contributed by atoms with Gasteiger partial charge >= 0.3 is 0 Å².